The molecule has 1 fully saturated rings. The molecule has 1 unspecified atom stereocenters. The Bertz CT molecular complexity index is 713. The number of rotatable bonds is 8. The fourth-order valence-electron chi connectivity index (χ4n) is 3.47. The summed E-state index contributed by atoms with van der Waals surface area (Å²) in [5, 5.41) is 10.2. The highest BCUT2D eigenvalue weighted by Gasteiger charge is 2.22. The monoisotopic (exact) mass is 357 g/mol. The lowest BCUT2D eigenvalue weighted by atomic mass is 10.1. The molecule has 2 aromatic rings. The van der Waals surface area contributed by atoms with Gasteiger partial charge in [0.15, 0.2) is 11.5 Å². The Labute approximate surface area is 155 Å². The number of phenolic OH excluding ortho intramolecular Hbond substituents is 1. The zero-order valence-electron chi connectivity index (χ0n) is 15.5. The Morgan fingerprint density at radius 3 is 2.50 bits per heavy atom. The Morgan fingerprint density at radius 2 is 1.81 bits per heavy atom. The van der Waals surface area contributed by atoms with E-state index >= 15 is 0 Å². The van der Waals surface area contributed by atoms with Crippen LogP contribution in [0.15, 0.2) is 42.5 Å². The third kappa shape index (κ3) is 4.48. The standard InChI is InChI=1S/C21H27NO4/c1-24-20-11-5-8-17(21(20)25-2)14-22(15-18-9-6-12-26-18)13-16-7-3-4-10-19(16)23/h3-5,7-8,10-11,18,23H,6,9,12-15H2,1-2H3. The lowest BCUT2D eigenvalue weighted by Gasteiger charge is -2.26. The molecule has 0 bridgehead atoms. The van der Waals surface area contributed by atoms with Gasteiger partial charge in [-0.15, -0.1) is 0 Å². The Kier molecular flexibility index (Phi) is 6.36. The second-order valence-electron chi connectivity index (χ2n) is 6.59. The van der Waals surface area contributed by atoms with Gasteiger partial charge in [-0.25, -0.2) is 0 Å². The predicted molar refractivity (Wildman–Crippen MR) is 101 cm³/mol. The molecule has 1 aliphatic heterocycles. The molecule has 0 radical (unpaired) electrons. The third-order valence-electron chi connectivity index (χ3n) is 4.75. The molecule has 1 saturated heterocycles. The van der Waals surface area contributed by atoms with Crippen molar-refractivity contribution >= 4 is 0 Å². The average Bonchev–Trinajstić information content (AvgIpc) is 3.16. The van der Waals surface area contributed by atoms with E-state index in [-0.39, 0.29) is 6.10 Å². The van der Waals surface area contributed by atoms with Crippen LogP contribution in [0, 0.1) is 0 Å². The van der Waals surface area contributed by atoms with Crippen LogP contribution in [-0.4, -0.2) is 43.5 Å². The van der Waals surface area contributed by atoms with Crippen LogP contribution in [0.1, 0.15) is 24.0 Å². The molecule has 140 valence electrons. The van der Waals surface area contributed by atoms with Crippen LogP contribution in [0.2, 0.25) is 0 Å². The molecule has 3 rings (SSSR count). The number of aromatic hydroxyl groups is 1. The summed E-state index contributed by atoms with van der Waals surface area (Å²) in [6.07, 6.45) is 2.42. The molecule has 5 heteroatoms. The van der Waals surface area contributed by atoms with Gasteiger partial charge >= 0.3 is 0 Å². The van der Waals surface area contributed by atoms with Gasteiger partial charge in [0.25, 0.3) is 0 Å². The number of phenols is 1. The zero-order chi connectivity index (χ0) is 18.4. The fraction of sp³-hybridized carbons (Fsp3) is 0.429. The van der Waals surface area contributed by atoms with Gasteiger partial charge in [0, 0.05) is 37.4 Å². The van der Waals surface area contributed by atoms with E-state index in [0.29, 0.717) is 18.8 Å². The maximum absolute atomic E-state index is 10.2. The SMILES string of the molecule is COc1cccc(CN(Cc2ccccc2O)CC2CCCO2)c1OC. The molecule has 0 spiro atoms. The minimum atomic E-state index is 0.234. The number of hydrogen-bond acceptors (Lipinski definition) is 5. The van der Waals surface area contributed by atoms with Crippen LogP contribution in [0.25, 0.3) is 0 Å². The van der Waals surface area contributed by atoms with Crippen molar-refractivity contribution in [2.45, 2.75) is 32.0 Å². The van der Waals surface area contributed by atoms with Gasteiger partial charge in [-0.1, -0.05) is 30.3 Å². The van der Waals surface area contributed by atoms with Gasteiger partial charge in [-0.3, -0.25) is 4.90 Å². The second kappa shape index (κ2) is 8.92. The van der Waals surface area contributed by atoms with E-state index in [0.717, 1.165) is 48.6 Å². The first kappa shape index (κ1) is 18.5. The maximum Gasteiger partial charge on any atom is 0.165 e. The van der Waals surface area contributed by atoms with Gasteiger partial charge in [-0.05, 0) is 25.0 Å². The Hall–Kier alpha value is -2.24. The van der Waals surface area contributed by atoms with Crippen molar-refractivity contribution in [3.8, 4) is 17.2 Å². The van der Waals surface area contributed by atoms with Crippen LogP contribution in [0.5, 0.6) is 17.2 Å². The van der Waals surface area contributed by atoms with Gasteiger partial charge in [0.05, 0.1) is 20.3 Å². The van der Waals surface area contributed by atoms with Crippen LogP contribution in [0.4, 0.5) is 0 Å². The molecule has 1 aliphatic rings. The van der Waals surface area contributed by atoms with E-state index in [4.69, 9.17) is 14.2 Å². The van der Waals surface area contributed by atoms with Crippen molar-refractivity contribution in [2.24, 2.45) is 0 Å². The van der Waals surface area contributed by atoms with Crippen LogP contribution in [0.3, 0.4) is 0 Å². The molecule has 0 aromatic heterocycles. The van der Waals surface area contributed by atoms with Crippen LogP contribution < -0.4 is 9.47 Å². The summed E-state index contributed by atoms with van der Waals surface area (Å²) in [6.45, 7) is 2.98. The molecule has 0 amide bonds. The summed E-state index contributed by atoms with van der Waals surface area (Å²) in [6, 6.07) is 13.4. The normalized spacial score (nSPS) is 16.8. The largest absolute Gasteiger partial charge is 0.508 e. The summed E-state index contributed by atoms with van der Waals surface area (Å²) in [4.78, 5) is 2.29. The van der Waals surface area contributed by atoms with Crippen molar-refractivity contribution in [1.82, 2.24) is 4.90 Å². The number of hydrogen-bond donors (Lipinski definition) is 1. The first-order valence-corrected chi connectivity index (χ1v) is 9.02. The van der Waals surface area contributed by atoms with Gasteiger partial charge < -0.3 is 19.3 Å². The molecule has 0 saturated carbocycles. The first-order chi connectivity index (χ1) is 12.7. The molecule has 2 aromatic carbocycles. The third-order valence-corrected chi connectivity index (χ3v) is 4.75. The number of methoxy groups -OCH3 is 2. The van der Waals surface area contributed by atoms with E-state index in [1.807, 2.05) is 30.3 Å². The highest BCUT2D eigenvalue weighted by Crippen LogP contribution is 2.32. The average molecular weight is 357 g/mol. The molecule has 5 nitrogen and oxygen atoms in total. The molecule has 1 N–H and O–H groups in total. The first-order valence-electron chi connectivity index (χ1n) is 9.02. The van der Waals surface area contributed by atoms with Crippen molar-refractivity contribution in [1.29, 1.82) is 0 Å². The van der Waals surface area contributed by atoms with E-state index < -0.39 is 0 Å². The zero-order valence-corrected chi connectivity index (χ0v) is 15.5. The van der Waals surface area contributed by atoms with E-state index in [1.165, 1.54) is 0 Å². The minimum absolute atomic E-state index is 0.234. The molecule has 0 aliphatic carbocycles. The number of nitrogens with zero attached hydrogens (tertiary/aromatic N) is 1. The Balaban J connectivity index is 1.82. The Morgan fingerprint density at radius 1 is 1.04 bits per heavy atom. The van der Waals surface area contributed by atoms with E-state index in [2.05, 4.69) is 11.0 Å². The van der Waals surface area contributed by atoms with Crippen LogP contribution in [-0.2, 0) is 17.8 Å². The van der Waals surface area contributed by atoms with Crippen LogP contribution >= 0.6 is 0 Å². The van der Waals surface area contributed by atoms with Crippen molar-refractivity contribution < 1.29 is 19.3 Å². The number of ether oxygens (including phenoxy) is 3. The molecule has 1 atom stereocenters. The summed E-state index contributed by atoms with van der Waals surface area (Å²) in [5.41, 5.74) is 1.97. The number of benzene rings is 2. The number of para-hydroxylation sites is 2. The van der Waals surface area contributed by atoms with Crippen molar-refractivity contribution in [2.75, 3.05) is 27.4 Å². The van der Waals surface area contributed by atoms with E-state index in [9.17, 15) is 5.11 Å². The second-order valence-corrected chi connectivity index (χ2v) is 6.59. The van der Waals surface area contributed by atoms with E-state index in [1.54, 1.807) is 20.3 Å². The summed E-state index contributed by atoms with van der Waals surface area (Å²) in [7, 11) is 3.31. The fourth-order valence-corrected chi connectivity index (χ4v) is 3.47. The predicted octanol–water partition coefficient (Wildman–Crippen LogP) is 3.59. The molecular formula is C21H27NO4. The minimum Gasteiger partial charge on any atom is -0.508 e. The lowest BCUT2D eigenvalue weighted by molar-refractivity contribution is 0.0673. The quantitative estimate of drug-likeness (QED) is 0.782. The van der Waals surface area contributed by atoms with Crippen molar-refractivity contribution in [3.05, 3.63) is 53.6 Å². The molecule has 1 heterocycles. The maximum atomic E-state index is 10.2. The molecule has 26 heavy (non-hydrogen) atoms. The van der Waals surface area contributed by atoms with Crippen molar-refractivity contribution in [3.63, 3.8) is 0 Å². The summed E-state index contributed by atoms with van der Waals surface area (Å²) < 4.78 is 16.8. The highest BCUT2D eigenvalue weighted by molar-refractivity contribution is 5.46. The van der Waals surface area contributed by atoms with Gasteiger partial charge in [-0.2, -0.15) is 0 Å². The van der Waals surface area contributed by atoms with Gasteiger partial charge in [0.1, 0.15) is 5.75 Å². The smallest absolute Gasteiger partial charge is 0.165 e. The topological polar surface area (TPSA) is 51.2 Å². The summed E-state index contributed by atoms with van der Waals surface area (Å²) in [5.74, 6) is 1.80. The highest BCUT2D eigenvalue weighted by atomic mass is 16.5. The van der Waals surface area contributed by atoms with Gasteiger partial charge in [0.2, 0.25) is 0 Å². The summed E-state index contributed by atoms with van der Waals surface area (Å²) >= 11 is 0. The lowest BCUT2D eigenvalue weighted by Crippen LogP contribution is -2.31. The molecular weight excluding hydrogens is 330 g/mol.